The molecule has 2 amide bonds. The minimum atomic E-state index is -0.833. The number of carboxylic acid groups (broad SMARTS) is 1. The maximum absolute atomic E-state index is 12.2. The van der Waals surface area contributed by atoms with Crippen LogP contribution in [0.25, 0.3) is 0 Å². The van der Waals surface area contributed by atoms with Gasteiger partial charge in [0.25, 0.3) is 5.97 Å². The number of thiophene rings is 1. The number of rotatable bonds is 3. The van der Waals surface area contributed by atoms with Gasteiger partial charge < -0.3 is 15.2 Å². The number of aryl methyl sites for hydroxylation is 1. The molecular weight excluding hydrogens is 338 g/mol. The molecule has 1 aliphatic heterocycles. The molecule has 1 aromatic rings. The highest BCUT2D eigenvalue weighted by atomic mass is 32.1. The van der Waals surface area contributed by atoms with Crippen LogP contribution >= 0.6 is 11.3 Å². The summed E-state index contributed by atoms with van der Waals surface area (Å²) in [6.45, 7) is 2.92. The number of carboxylic acids is 1. The molecule has 0 spiro atoms. The lowest BCUT2D eigenvalue weighted by Crippen LogP contribution is -2.41. The topological polar surface area (TPSA) is 125 Å². The molecule has 3 N–H and O–H groups in total. The SMILES string of the molecule is CC(=O)O.COC(=O)c1cc(C)sc1NC(=O)C1CC(=O)NN1C. The summed E-state index contributed by atoms with van der Waals surface area (Å²) >= 11 is 1.29. The number of hydrazine groups is 1. The van der Waals surface area contributed by atoms with Gasteiger partial charge in [0.2, 0.25) is 11.8 Å². The maximum Gasteiger partial charge on any atom is 0.340 e. The van der Waals surface area contributed by atoms with Gasteiger partial charge in [-0.3, -0.25) is 19.8 Å². The number of aliphatic carboxylic acids is 1. The molecule has 1 fully saturated rings. The van der Waals surface area contributed by atoms with Gasteiger partial charge in [-0.2, -0.15) is 0 Å². The number of anilines is 1. The van der Waals surface area contributed by atoms with E-state index in [4.69, 9.17) is 9.90 Å². The Hall–Kier alpha value is -2.46. The number of amides is 2. The highest BCUT2D eigenvalue weighted by Crippen LogP contribution is 2.28. The third-order valence-corrected chi connectivity index (χ3v) is 3.91. The summed E-state index contributed by atoms with van der Waals surface area (Å²) in [6.07, 6.45) is 0.0975. The van der Waals surface area contributed by atoms with Gasteiger partial charge >= 0.3 is 5.97 Å². The summed E-state index contributed by atoms with van der Waals surface area (Å²) in [5.74, 6) is -1.88. The molecule has 1 unspecified atom stereocenters. The lowest BCUT2D eigenvalue weighted by atomic mass is 10.2. The lowest BCUT2D eigenvalue weighted by molar-refractivity contribution is -0.134. The standard InChI is InChI=1S/C12H15N3O4S.C2H4O2/c1-6-4-7(12(18)19-3)11(20-6)13-10(17)8-5-9(16)14-15(8)2;1-2(3)4/h4,8H,5H2,1-3H3,(H,13,17)(H,14,16);1H3,(H,3,4). The first kappa shape index (κ1) is 19.6. The Balaban J connectivity index is 0.000000648. The molecule has 0 radical (unpaired) electrons. The summed E-state index contributed by atoms with van der Waals surface area (Å²) in [4.78, 5) is 44.9. The number of nitrogens with one attached hydrogen (secondary N) is 2. The van der Waals surface area contributed by atoms with Crippen LogP contribution in [0.3, 0.4) is 0 Å². The minimum Gasteiger partial charge on any atom is -0.481 e. The number of ether oxygens (including phenoxy) is 1. The Morgan fingerprint density at radius 1 is 1.46 bits per heavy atom. The Morgan fingerprint density at radius 3 is 2.50 bits per heavy atom. The smallest absolute Gasteiger partial charge is 0.340 e. The Labute approximate surface area is 142 Å². The number of likely N-dealkylation sites (N-methyl/N-ethyl adjacent to an activating group) is 1. The van der Waals surface area contributed by atoms with Crippen molar-refractivity contribution in [2.24, 2.45) is 0 Å². The van der Waals surface area contributed by atoms with Crippen LogP contribution in [0.4, 0.5) is 5.00 Å². The number of methoxy groups -OCH3 is 1. The fraction of sp³-hybridized carbons (Fsp3) is 0.429. The molecule has 1 saturated heterocycles. The number of carbonyl (C=O) groups is 4. The normalized spacial score (nSPS) is 16.7. The second-order valence-corrected chi connectivity index (χ2v) is 6.22. The van der Waals surface area contributed by atoms with Crippen LogP contribution in [0.2, 0.25) is 0 Å². The molecule has 0 aliphatic carbocycles. The van der Waals surface area contributed by atoms with Crippen LogP contribution in [0, 0.1) is 6.92 Å². The highest BCUT2D eigenvalue weighted by molar-refractivity contribution is 7.16. The zero-order chi connectivity index (χ0) is 18.4. The molecule has 2 heterocycles. The van der Waals surface area contributed by atoms with Crippen molar-refractivity contribution in [3.05, 3.63) is 16.5 Å². The molecule has 0 bridgehead atoms. The fourth-order valence-electron chi connectivity index (χ4n) is 1.97. The van der Waals surface area contributed by atoms with Gasteiger partial charge in [0.05, 0.1) is 19.1 Å². The van der Waals surface area contributed by atoms with Crippen LogP contribution < -0.4 is 10.7 Å². The molecule has 9 nitrogen and oxygen atoms in total. The largest absolute Gasteiger partial charge is 0.481 e. The number of hydrogen-bond donors (Lipinski definition) is 3. The average molecular weight is 357 g/mol. The zero-order valence-electron chi connectivity index (χ0n) is 13.7. The van der Waals surface area contributed by atoms with Crippen molar-refractivity contribution in [2.45, 2.75) is 26.3 Å². The highest BCUT2D eigenvalue weighted by Gasteiger charge is 2.33. The fourth-order valence-corrected chi connectivity index (χ4v) is 2.87. The second-order valence-electron chi connectivity index (χ2n) is 4.97. The van der Waals surface area contributed by atoms with Crippen molar-refractivity contribution in [3.8, 4) is 0 Å². The molecule has 10 heteroatoms. The Kier molecular flexibility index (Phi) is 6.86. The van der Waals surface area contributed by atoms with Crippen LogP contribution in [-0.2, 0) is 19.1 Å². The van der Waals surface area contributed by atoms with E-state index in [-0.39, 0.29) is 18.2 Å². The van der Waals surface area contributed by atoms with Crippen molar-refractivity contribution in [1.82, 2.24) is 10.4 Å². The molecule has 1 atom stereocenters. The predicted molar refractivity (Wildman–Crippen MR) is 86.6 cm³/mol. The van der Waals surface area contributed by atoms with Crippen molar-refractivity contribution < 1.29 is 29.0 Å². The van der Waals surface area contributed by atoms with Gasteiger partial charge in [-0.1, -0.05) is 0 Å². The van der Waals surface area contributed by atoms with E-state index in [0.717, 1.165) is 11.8 Å². The molecular formula is C14H19N3O6S. The van der Waals surface area contributed by atoms with Crippen LogP contribution in [0.5, 0.6) is 0 Å². The predicted octanol–water partition coefficient (Wildman–Crippen LogP) is 0.608. The number of hydrogen-bond acceptors (Lipinski definition) is 7. The van der Waals surface area contributed by atoms with Gasteiger partial charge in [-0.15, -0.1) is 11.3 Å². The summed E-state index contributed by atoms with van der Waals surface area (Å²) in [7, 11) is 2.91. The molecule has 132 valence electrons. The first-order valence-corrected chi connectivity index (χ1v) is 7.68. The molecule has 24 heavy (non-hydrogen) atoms. The van der Waals surface area contributed by atoms with Gasteiger partial charge in [0, 0.05) is 18.8 Å². The van der Waals surface area contributed by atoms with Gasteiger partial charge in [0.1, 0.15) is 11.0 Å². The van der Waals surface area contributed by atoms with E-state index in [9.17, 15) is 14.4 Å². The van der Waals surface area contributed by atoms with E-state index in [0.29, 0.717) is 10.6 Å². The van der Waals surface area contributed by atoms with E-state index in [1.165, 1.54) is 23.5 Å². The lowest BCUT2D eigenvalue weighted by Gasteiger charge is -2.17. The summed E-state index contributed by atoms with van der Waals surface area (Å²) in [5.41, 5.74) is 2.86. The van der Waals surface area contributed by atoms with Crippen molar-refractivity contribution in [1.29, 1.82) is 0 Å². The Bertz CT molecular complexity index is 653. The van der Waals surface area contributed by atoms with Crippen molar-refractivity contribution >= 4 is 40.1 Å². The molecule has 1 aromatic heterocycles. The maximum atomic E-state index is 12.2. The zero-order valence-corrected chi connectivity index (χ0v) is 14.5. The third kappa shape index (κ3) is 5.32. The third-order valence-electron chi connectivity index (χ3n) is 2.95. The van der Waals surface area contributed by atoms with E-state index in [2.05, 4.69) is 15.5 Å². The summed E-state index contributed by atoms with van der Waals surface area (Å²) in [5, 5.41) is 12.0. The monoisotopic (exact) mass is 357 g/mol. The number of nitrogens with zero attached hydrogens (tertiary/aromatic N) is 1. The summed E-state index contributed by atoms with van der Waals surface area (Å²) in [6, 6.07) is 1.07. The molecule has 0 aromatic carbocycles. The van der Waals surface area contributed by atoms with E-state index >= 15 is 0 Å². The first-order chi connectivity index (χ1) is 11.1. The van der Waals surface area contributed by atoms with Gasteiger partial charge in [0.15, 0.2) is 0 Å². The Morgan fingerprint density at radius 2 is 2.04 bits per heavy atom. The van der Waals surface area contributed by atoms with Crippen LogP contribution in [-0.4, -0.2) is 54.1 Å². The molecule has 0 saturated carbocycles. The van der Waals surface area contributed by atoms with E-state index in [1.807, 2.05) is 6.92 Å². The first-order valence-electron chi connectivity index (χ1n) is 6.87. The van der Waals surface area contributed by atoms with Gasteiger partial charge in [-0.25, -0.2) is 9.80 Å². The molecule has 2 rings (SSSR count). The number of carbonyl (C=O) groups excluding carboxylic acids is 3. The second kappa shape index (κ2) is 8.41. The minimum absolute atomic E-state index is 0.0975. The molecule has 1 aliphatic rings. The average Bonchev–Trinajstić information content (AvgIpc) is 2.99. The number of esters is 1. The van der Waals surface area contributed by atoms with Crippen LogP contribution in [0.15, 0.2) is 6.07 Å². The van der Waals surface area contributed by atoms with E-state index < -0.39 is 18.0 Å². The summed E-state index contributed by atoms with van der Waals surface area (Å²) < 4.78 is 4.68. The van der Waals surface area contributed by atoms with Crippen LogP contribution in [0.1, 0.15) is 28.6 Å². The van der Waals surface area contributed by atoms with Crippen molar-refractivity contribution in [2.75, 3.05) is 19.5 Å². The quantitative estimate of drug-likeness (QED) is 0.677. The van der Waals surface area contributed by atoms with E-state index in [1.54, 1.807) is 13.1 Å². The van der Waals surface area contributed by atoms with Crippen molar-refractivity contribution in [3.63, 3.8) is 0 Å². The van der Waals surface area contributed by atoms with Gasteiger partial charge in [-0.05, 0) is 13.0 Å².